The highest BCUT2D eigenvalue weighted by molar-refractivity contribution is 6.32. The number of amides is 2. The van der Waals surface area contributed by atoms with Gasteiger partial charge in [0.2, 0.25) is 0 Å². The third kappa shape index (κ3) is 4.61. The topological polar surface area (TPSA) is 41.1 Å². The molecule has 0 saturated carbocycles. The van der Waals surface area contributed by atoms with Crippen LogP contribution in [-0.4, -0.2) is 6.03 Å². The Balaban J connectivity index is 1.83. The van der Waals surface area contributed by atoms with Crippen molar-refractivity contribution in [1.82, 2.24) is 10.6 Å². The first kappa shape index (κ1) is 15.1. The molecule has 21 heavy (non-hydrogen) atoms. The van der Waals surface area contributed by atoms with Gasteiger partial charge in [0.05, 0.1) is 0 Å². The monoisotopic (exact) mass is 304 g/mol. The van der Waals surface area contributed by atoms with Crippen LogP contribution < -0.4 is 10.6 Å². The Morgan fingerprint density at radius 3 is 2.62 bits per heavy atom. The molecule has 0 heterocycles. The highest BCUT2D eigenvalue weighted by atomic mass is 35.5. The number of hydrogen-bond donors (Lipinski definition) is 2. The van der Waals surface area contributed by atoms with E-state index in [1.165, 1.54) is 12.3 Å². The van der Waals surface area contributed by atoms with Crippen molar-refractivity contribution < 1.29 is 9.18 Å². The van der Waals surface area contributed by atoms with Gasteiger partial charge in [-0.25, -0.2) is 9.18 Å². The van der Waals surface area contributed by atoms with Gasteiger partial charge in [-0.3, -0.25) is 0 Å². The lowest BCUT2D eigenvalue weighted by molar-refractivity contribution is 0.243. The summed E-state index contributed by atoms with van der Waals surface area (Å²) in [7, 11) is 0. The molecule has 108 valence electrons. The van der Waals surface area contributed by atoms with Crippen LogP contribution in [0, 0.1) is 5.82 Å². The molecule has 2 N–H and O–H groups in total. The zero-order valence-electron chi connectivity index (χ0n) is 11.1. The van der Waals surface area contributed by atoms with E-state index in [9.17, 15) is 9.18 Å². The van der Waals surface area contributed by atoms with E-state index in [2.05, 4.69) is 10.6 Å². The molecule has 0 bridgehead atoms. The number of urea groups is 1. The minimum absolute atomic E-state index is 0.123. The lowest BCUT2D eigenvalue weighted by Gasteiger charge is -2.05. The molecular weight excluding hydrogens is 291 g/mol. The van der Waals surface area contributed by atoms with Crippen LogP contribution in [0.25, 0.3) is 6.08 Å². The molecule has 0 aliphatic rings. The predicted molar refractivity (Wildman–Crippen MR) is 82.3 cm³/mol. The van der Waals surface area contributed by atoms with Crippen molar-refractivity contribution in [1.29, 1.82) is 0 Å². The number of carbonyl (C=O) groups is 1. The highest BCUT2D eigenvalue weighted by Gasteiger charge is 2.02. The molecule has 2 amide bonds. The van der Waals surface area contributed by atoms with E-state index in [0.29, 0.717) is 10.6 Å². The van der Waals surface area contributed by atoms with Crippen LogP contribution in [0.5, 0.6) is 0 Å². The maximum Gasteiger partial charge on any atom is 0.319 e. The minimum Gasteiger partial charge on any atom is -0.334 e. The summed E-state index contributed by atoms with van der Waals surface area (Å²) in [4.78, 5) is 11.6. The lowest BCUT2D eigenvalue weighted by Crippen LogP contribution is -2.31. The van der Waals surface area contributed by atoms with Crippen molar-refractivity contribution >= 4 is 23.7 Å². The van der Waals surface area contributed by atoms with Crippen LogP contribution in [0.3, 0.4) is 0 Å². The zero-order chi connectivity index (χ0) is 15.1. The number of halogens is 2. The fraction of sp³-hybridized carbons (Fsp3) is 0.0625. The fourth-order valence-electron chi connectivity index (χ4n) is 1.69. The maximum atomic E-state index is 13.4. The van der Waals surface area contributed by atoms with Crippen molar-refractivity contribution in [2.45, 2.75) is 6.54 Å². The van der Waals surface area contributed by atoms with Crippen molar-refractivity contribution in [2.75, 3.05) is 0 Å². The van der Waals surface area contributed by atoms with Gasteiger partial charge in [-0.15, -0.1) is 0 Å². The molecule has 2 rings (SSSR count). The fourth-order valence-corrected chi connectivity index (χ4v) is 1.88. The maximum absolute atomic E-state index is 13.4. The number of nitrogens with one attached hydrogen (secondary N) is 2. The van der Waals surface area contributed by atoms with E-state index in [1.807, 2.05) is 18.2 Å². The SMILES string of the molecule is O=C(N/C=C/c1ccccc1Cl)NCc1ccccc1F. The quantitative estimate of drug-likeness (QED) is 0.882. The summed E-state index contributed by atoms with van der Waals surface area (Å²) in [6.07, 6.45) is 3.17. The third-order valence-electron chi connectivity index (χ3n) is 2.78. The summed E-state index contributed by atoms with van der Waals surface area (Å²) in [6.45, 7) is 0.123. The number of rotatable bonds is 4. The molecule has 0 spiro atoms. The smallest absolute Gasteiger partial charge is 0.319 e. The Morgan fingerprint density at radius 2 is 1.86 bits per heavy atom. The normalized spacial score (nSPS) is 10.6. The zero-order valence-corrected chi connectivity index (χ0v) is 11.9. The van der Waals surface area contributed by atoms with Crippen molar-refractivity contribution in [2.24, 2.45) is 0 Å². The summed E-state index contributed by atoms with van der Waals surface area (Å²) in [5.74, 6) is -0.343. The molecule has 2 aromatic carbocycles. The molecule has 0 aromatic heterocycles. The van der Waals surface area contributed by atoms with Gasteiger partial charge in [-0.2, -0.15) is 0 Å². The van der Waals surface area contributed by atoms with Crippen LogP contribution in [0.2, 0.25) is 5.02 Å². The van der Waals surface area contributed by atoms with Crippen molar-refractivity contribution in [3.8, 4) is 0 Å². The molecular formula is C16H14ClFN2O. The van der Waals surface area contributed by atoms with E-state index in [-0.39, 0.29) is 12.4 Å². The Hall–Kier alpha value is -2.33. The molecule has 0 saturated heterocycles. The Kier molecular flexibility index (Phi) is 5.35. The summed E-state index contributed by atoms with van der Waals surface area (Å²) < 4.78 is 13.4. The summed E-state index contributed by atoms with van der Waals surface area (Å²) in [5.41, 5.74) is 1.23. The average Bonchev–Trinajstić information content (AvgIpc) is 2.48. The first-order valence-electron chi connectivity index (χ1n) is 6.35. The first-order chi connectivity index (χ1) is 10.2. The molecule has 2 aromatic rings. The van der Waals surface area contributed by atoms with Crippen LogP contribution in [0.1, 0.15) is 11.1 Å². The minimum atomic E-state index is -0.415. The second-order valence-corrected chi connectivity index (χ2v) is 4.68. The van der Waals surface area contributed by atoms with Crippen LogP contribution >= 0.6 is 11.6 Å². The second kappa shape index (κ2) is 7.45. The first-order valence-corrected chi connectivity index (χ1v) is 6.73. The summed E-state index contributed by atoms with van der Waals surface area (Å²) >= 11 is 5.98. The largest absolute Gasteiger partial charge is 0.334 e. The van der Waals surface area contributed by atoms with E-state index in [4.69, 9.17) is 11.6 Å². The third-order valence-corrected chi connectivity index (χ3v) is 3.12. The van der Waals surface area contributed by atoms with Gasteiger partial charge in [0.25, 0.3) is 0 Å². The molecule has 5 heteroatoms. The molecule has 0 radical (unpaired) electrons. The average molecular weight is 305 g/mol. The van der Waals surface area contributed by atoms with E-state index in [1.54, 1.807) is 30.3 Å². The van der Waals surface area contributed by atoms with Crippen molar-refractivity contribution in [3.63, 3.8) is 0 Å². The Bertz CT molecular complexity index is 658. The molecule has 0 aliphatic carbocycles. The molecule has 0 fully saturated rings. The molecule has 3 nitrogen and oxygen atoms in total. The summed E-state index contributed by atoms with van der Waals surface area (Å²) in [6, 6.07) is 13.2. The predicted octanol–water partition coefficient (Wildman–Crippen LogP) is 3.95. The van der Waals surface area contributed by atoms with Gasteiger partial charge >= 0.3 is 6.03 Å². The number of benzene rings is 2. The number of carbonyl (C=O) groups excluding carboxylic acids is 1. The van der Waals surface area contributed by atoms with Gasteiger partial charge in [-0.05, 0) is 23.8 Å². The Labute approximate surface area is 127 Å². The lowest BCUT2D eigenvalue weighted by atomic mass is 10.2. The second-order valence-electron chi connectivity index (χ2n) is 4.27. The van der Waals surface area contributed by atoms with Gasteiger partial charge < -0.3 is 10.6 Å². The molecule has 0 atom stereocenters. The number of hydrogen-bond acceptors (Lipinski definition) is 1. The van der Waals surface area contributed by atoms with Gasteiger partial charge in [0.15, 0.2) is 0 Å². The summed E-state index contributed by atoms with van der Waals surface area (Å²) in [5, 5.41) is 5.70. The van der Waals surface area contributed by atoms with Gasteiger partial charge in [-0.1, -0.05) is 48.0 Å². The van der Waals surface area contributed by atoms with Crippen molar-refractivity contribution in [3.05, 3.63) is 76.7 Å². The van der Waals surface area contributed by atoms with Gasteiger partial charge in [0.1, 0.15) is 5.82 Å². The van der Waals surface area contributed by atoms with Crippen LogP contribution in [0.15, 0.2) is 54.7 Å². The van der Waals surface area contributed by atoms with E-state index >= 15 is 0 Å². The Morgan fingerprint density at radius 1 is 1.14 bits per heavy atom. The molecule has 0 aliphatic heterocycles. The van der Waals surface area contributed by atoms with Crippen LogP contribution in [-0.2, 0) is 6.54 Å². The van der Waals surface area contributed by atoms with E-state index < -0.39 is 6.03 Å². The molecule has 0 unspecified atom stereocenters. The standard InChI is InChI=1S/C16H14ClFN2O/c17-14-7-3-1-5-12(14)9-10-19-16(21)20-11-13-6-2-4-8-15(13)18/h1-10H,11H2,(H2,19,20,21)/b10-9+. The van der Waals surface area contributed by atoms with E-state index in [0.717, 1.165) is 5.56 Å². The van der Waals surface area contributed by atoms with Gasteiger partial charge in [0, 0.05) is 23.3 Å². The van der Waals surface area contributed by atoms with Crippen LogP contribution in [0.4, 0.5) is 9.18 Å². The highest BCUT2D eigenvalue weighted by Crippen LogP contribution is 2.15.